The van der Waals surface area contributed by atoms with E-state index in [0.29, 0.717) is 25.2 Å². The zero-order valence-electron chi connectivity index (χ0n) is 14.2. The summed E-state index contributed by atoms with van der Waals surface area (Å²) >= 11 is 0. The first-order chi connectivity index (χ1) is 12.0. The first kappa shape index (κ1) is 17.6. The maximum Gasteiger partial charge on any atom is 0.251 e. The van der Waals surface area contributed by atoms with Crippen LogP contribution in [0.15, 0.2) is 53.4 Å². The lowest BCUT2D eigenvalue weighted by Gasteiger charge is -2.16. The first-order valence-corrected chi connectivity index (χ1v) is 9.85. The molecule has 6 heteroatoms. The molecule has 0 aliphatic carbocycles. The van der Waals surface area contributed by atoms with Crippen LogP contribution in [0, 0.1) is 6.92 Å². The van der Waals surface area contributed by atoms with Crippen molar-refractivity contribution in [1.82, 2.24) is 9.62 Å². The summed E-state index contributed by atoms with van der Waals surface area (Å²) in [7, 11) is -3.51. The Bertz CT molecular complexity index is 854. The van der Waals surface area contributed by atoms with E-state index in [-0.39, 0.29) is 10.8 Å². The van der Waals surface area contributed by atoms with Gasteiger partial charge in [-0.2, -0.15) is 4.31 Å². The van der Waals surface area contributed by atoms with Gasteiger partial charge in [0.25, 0.3) is 5.91 Å². The van der Waals surface area contributed by atoms with Gasteiger partial charge in [0.2, 0.25) is 10.0 Å². The minimum Gasteiger partial charge on any atom is -0.348 e. The van der Waals surface area contributed by atoms with Crippen molar-refractivity contribution in [3.63, 3.8) is 0 Å². The van der Waals surface area contributed by atoms with E-state index in [1.165, 1.54) is 10.4 Å². The lowest BCUT2D eigenvalue weighted by atomic mass is 10.1. The van der Waals surface area contributed by atoms with Crippen molar-refractivity contribution >= 4 is 15.9 Å². The van der Waals surface area contributed by atoms with Gasteiger partial charge < -0.3 is 5.32 Å². The average molecular weight is 358 g/mol. The average Bonchev–Trinajstić information content (AvgIpc) is 3.16. The molecule has 1 heterocycles. The third kappa shape index (κ3) is 4.08. The van der Waals surface area contributed by atoms with Crippen molar-refractivity contribution in [3.05, 3.63) is 65.2 Å². The van der Waals surface area contributed by atoms with Crippen molar-refractivity contribution in [1.29, 1.82) is 0 Å². The van der Waals surface area contributed by atoms with Crippen molar-refractivity contribution in [2.75, 3.05) is 13.1 Å². The molecule has 1 amide bonds. The van der Waals surface area contributed by atoms with E-state index in [4.69, 9.17) is 0 Å². The van der Waals surface area contributed by atoms with Gasteiger partial charge in [0.1, 0.15) is 0 Å². The van der Waals surface area contributed by atoms with Crippen molar-refractivity contribution in [2.45, 2.75) is 31.2 Å². The number of nitrogens with zero attached hydrogens (tertiary/aromatic N) is 1. The van der Waals surface area contributed by atoms with Gasteiger partial charge in [0, 0.05) is 25.2 Å². The normalized spacial score (nSPS) is 15.2. The van der Waals surface area contributed by atoms with E-state index in [1.807, 2.05) is 31.2 Å². The number of hydrogen-bond acceptors (Lipinski definition) is 3. The van der Waals surface area contributed by atoms with Crippen LogP contribution in [-0.2, 0) is 16.6 Å². The third-order valence-electron chi connectivity index (χ3n) is 4.37. The van der Waals surface area contributed by atoms with Gasteiger partial charge in [-0.25, -0.2) is 8.42 Å². The van der Waals surface area contributed by atoms with Crippen LogP contribution < -0.4 is 5.32 Å². The Morgan fingerprint density at radius 3 is 2.44 bits per heavy atom. The zero-order valence-corrected chi connectivity index (χ0v) is 15.1. The number of rotatable bonds is 5. The van der Waals surface area contributed by atoms with Gasteiger partial charge in [0.15, 0.2) is 0 Å². The maximum absolute atomic E-state index is 12.6. The molecular formula is C19H22N2O3S. The van der Waals surface area contributed by atoms with Gasteiger partial charge in [0.05, 0.1) is 4.90 Å². The molecule has 0 unspecified atom stereocenters. The molecule has 25 heavy (non-hydrogen) atoms. The molecule has 0 aromatic heterocycles. The summed E-state index contributed by atoms with van der Waals surface area (Å²) in [6.45, 7) is 3.51. The molecule has 0 saturated carbocycles. The maximum atomic E-state index is 12.6. The van der Waals surface area contributed by atoms with Crippen LogP contribution in [0.2, 0.25) is 0 Å². The Morgan fingerprint density at radius 2 is 1.76 bits per heavy atom. The fourth-order valence-corrected chi connectivity index (χ4v) is 4.43. The molecule has 1 fully saturated rings. The van der Waals surface area contributed by atoms with Crippen molar-refractivity contribution < 1.29 is 13.2 Å². The SMILES string of the molecule is Cc1ccc(CNC(=O)c2cccc(S(=O)(=O)N3CCCC3)c2)cc1. The van der Waals surface area contributed by atoms with E-state index in [0.717, 1.165) is 24.0 Å². The molecule has 0 bridgehead atoms. The summed E-state index contributed by atoms with van der Waals surface area (Å²) in [6.07, 6.45) is 1.77. The molecule has 132 valence electrons. The van der Waals surface area contributed by atoms with E-state index in [2.05, 4.69) is 5.32 Å². The van der Waals surface area contributed by atoms with Gasteiger partial charge in [-0.15, -0.1) is 0 Å². The van der Waals surface area contributed by atoms with Crippen LogP contribution in [0.25, 0.3) is 0 Å². The topological polar surface area (TPSA) is 66.5 Å². The van der Waals surface area contributed by atoms with E-state index < -0.39 is 10.0 Å². The highest BCUT2D eigenvalue weighted by atomic mass is 32.2. The number of amides is 1. The quantitative estimate of drug-likeness (QED) is 0.894. The number of aryl methyl sites for hydroxylation is 1. The summed E-state index contributed by atoms with van der Waals surface area (Å²) in [5, 5.41) is 2.84. The number of carbonyl (C=O) groups excluding carboxylic acids is 1. The zero-order chi connectivity index (χ0) is 17.9. The molecule has 1 saturated heterocycles. The Kier molecular flexibility index (Phi) is 5.20. The number of benzene rings is 2. The van der Waals surface area contributed by atoms with Crippen LogP contribution >= 0.6 is 0 Å². The predicted molar refractivity (Wildman–Crippen MR) is 96.8 cm³/mol. The fourth-order valence-electron chi connectivity index (χ4n) is 2.87. The summed E-state index contributed by atoms with van der Waals surface area (Å²) in [5.41, 5.74) is 2.52. The summed E-state index contributed by atoms with van der Waals surface area (Å²) < 4.78 is 26.7. The minimum absolute atomic E-state index is 0.178. The Balaban J connectivity index is 1.72. The number of hydrogen-bond donors (Lipinski definition) is 1. The molecule has 1 N–H and O–H groups in total. The Hall–Kier alpha value is -2.18. The number of nitrogens with one attached hydrogen (secondary N) is 1. The van der Waals surface area contributed by atoms with Gasteiger partial charge >= 0.3 is 0 Å². The van der Waals surface area contributed by atoms with E-state index >= 15 is 0 Å². The van der Waals surface area contributed by atoms with Gasteiger partial charge in [-0.1, -0.05) is 35.9 Å². The molecule has 0 radical (unpaired) electrons. The monoisotopic (exact) mass is 358 g/mol. The van der Waals surface area contributed by atoms with Crippen molar-refractivity contribution in [2.24, 2.45) is 0 Å². The highest BCUT2D eigenvalue weighted by Gasteiger charge is 2.27. The van der Waals surface area contributed by atoms with Crippen LogP contribution in [0.3, 0.4) is 0 Å². The number of sulfonamides is 1. The van der Waals surface area contributed by atoms with Crippen molar-refractivity contribution in [3.8, 4) is 0 Å². The lowest BCUT2D eigenvalue weighted by Crippen LogP contribution is -2.28. The van der Waals surface area contributed by atoms with E-state index in [9.17, 15) is 13.2 Å². The molecule has 2 aromatic rings. The minimum atomic E-state index is -3.51. The molecule has 1 aliphatic heterocycles. The second kappa shape index (κ2) is 7.37. The lowest BCUT2D eigenvalue weighted by molar-refractivity contribution is 0.0950. The fraction of sp³-hybridized carbons (Fsp3) is 0.316. The second-order valence-corrected chi connectivity index (χ2v) is 8.25. The predicted octanol–water partition coefficient (Wildman–Crippen LogP) is 2.71. The molecule has 0 atom stereocenters. The first-order valence-electron chi connectivity index (χ1n) is 8.41. The highest BCUT2D eigenvalue weighted by Crippen LogP contribution is 2.21. The second-order valence-electron chi connectivity index (χ2n) is 6.31. The van der Waals surface area contributed by atoms with Gasteiger partial charge in [-0.3, -0.25) is 4.79 Å². The molecule has 3 rings (SSSR count). The smallest absolute Gasteiger partial charge is 0.251 e. The largest absolute Gasteiger partial charge is 0.348 e. The van der Waals surface area contributed by atoms with Crippen LogP contribution in [0.4, 0.5) is 0 Å². The van der Waals surface area contributed by atoms with Crippen LogP contribution in [-0.4, -0.2) is 31.7 Å². The Morgan fingerprint density at radius 1 is 1.08 bits per heavy atom. The molecule has 2 aromatic carbocycles. The van der Waals surface area contributed by atoms with Crippen LogP contribution in [0.1, 0.15) is 34.3 Å². The molecule has 1 aliphatic rings. The van der Waals surface area contributed by atoms with Crippen LogP contribution in [0.5, 0.6) is 0 Å². The summed E-state index contributed by atoms with van der Waals surface area (Å²) in [6, 6.07) is 14.2. The van der Waals surface area contributed by atoms with Gasteiger partial charge in [-0.05, 0) is 43.5 Å². The molecule has 0 spiro atoms. The molecule has 5 nitrogen and oxygen atoms in total. The van der Waals surface area contributed by atoms with E-state index in [1.54, 1.807) is 18.2 Å². The number of carbonyl (C=O) groups is 1. The highest BCUT2D eigenvalue weighted by molar-refractivity contribution is 7.89. The summed E-state index contributed by atoms with van der Waals surface area (Å²) in [5.74, 6) is -0.279. The Labute approximate surface area is 148 Å². The molecular weight excluding hydrogens is 336 g/mol. The standard InChI is InChI=1S/C19H22N2O3S/c1-15-7-9-16(10-8-15)14-20-19(22)17-5-4-6-18(13-17)25(23,24)21-11-2-3-12-21/h4-10,13H,2-3,11-12,14H2,1H3,(H,20,22). The summed E-state index contributed by atoms with van der Waals surface area (Å²) in [4.78, 5) is 12.5. The third-order valence-corrected chi connectivity index (χ3v) is 6.27.